The van der Waals surface area contributed by atoms with Gasteiger partial charge >= 0.3 is 0 Å². The molecular weight excluding hydrogens is 250 g/mol. The molecule has 0 atom stereocenters. The van der Waals surface area contributed by atoms with Gasteiger partial charge in [0, 0.05) is 18.2 Å². The van der Waals surface area contributed by atoms with Gasteiger partial charge in [0.15, 0.2) is 0 Å². The Hall–Kier alpha value is -0.610. The van der Waals surface area contributed by atoms with Gasteiger partial charge in [0.05, 0.1) is 19.8 Å². The zero-order chi connectivity index (χ0) is 13.4. The number of ether oxygens (including phenoxy) is 2. The van der Waals surface area contributed by atoms with Crippen molar-refractivity contribution in [3.8, 4) is 0 Å². The van der Waals surface area contributed by atoms with E-state index in [0.29, 0.717) is 37.3 Å². The van der Waals surface area contributed by atoms with E-state index >= 15 is 0 Å². The number of halogens is 1. The molecule has 0 aliphatic heterocycles. The molecule has 0 fully saturated rings. The molecule has 102 valence electrons. The van der Waals surface area contributed by atoms with Crippen molar-refractivity contribution in [1.29, 1.82) is 0 Å². The molecular formula is C14H22ClNO2. The minimum atomic E-state index is 0.504. The number of benzene rings is 1. The fourth-order valence-corrected chi connectivity index (χ4v) is 1.71. The number of nitrogens with two attached hydrogens (primary N) is 1. The number of hydrogen-bond donors (Lipinski definition) is 1. The van der Waals surface area contributed by atoms with Crippen LogP contribution in [0.1, 0.15) is 25.0 Å². The lowest BCUT2D eigenvalue weighted by Gasteiger charge is -2.09. The summed E-state index contributed by atoms with van der Waals surface area (Å²) in [6.45, 7) is 7.24. The van der Waals surface area contributed by atoms with Crippen LogP contribution in [0, 0.1) is 5.92 Å². The summed E-state index contributed by atoms with van der Waals surface area (Å²) in [5, 5.41) is 0.709. The molecule has 18 heavy (non-hydrogen) atoms. The third-order valence-corrected chi connectivity index (χ3v) is 2.79. The molecule has 0 aliphatic rings. The Morgan fingerprint density at radius 1 is 1.22 bits per heavy atom. The van der Waals surface area contributed by atoms with E-state index in [9.17, 15) is 0 Å². The van der Waals surface area contributed by atoms with E-state index in [-0.39, 0.29) is 0 Å². The van der Waals surface area contributed by atoms with Crippen LogP contribution in [0.3, 0.4) is 0 Å². The summed E-state index contributed by atoms with van der Waals surface area (Å²) < 4.78 is 10.9. The van der Waals surface area contributed by atoms with Crippen LogP contribution in [0.4, 0.5) is 0 Å². The van der Waals surface area contributed by atoms with Crippen LogP contribution in [0.2, 0.25) is 5.02 Å². The minimum Gasteiger partial charge on any atom is -0.379 e. The van der Waals surface area contributed by atoms with Crippen LogP contribution in [-0.4, -0.2) is 19.8 Å². The van der Waals surface area contributed by atoms with Gasteiger partial charge in [-0.1, -0.05) is 37.6 Å². The standard InChI is InChI=1S/C14H22ClNO2/c1-11(2)9-17-5-6-18-10-13-4-3-12(8-16)7-14(13)15/h3-4,7,11H,5-6,8-10,16H2,1-2H3. The Labute approximate surface area is 114 Å². The highest BCUT2D eigenvalue weighted by Crippen LogP contribution is 2.18. The normalized spacial score (nSPS) is 11.2. The van der Waals surface area contributed by atoms with Gasteiger partial charge in [-0.15, -0.1) is 0 Å². The van der Waals surface area contributed by atoms with Gasteiger partial charge in [0.2, 0.25) is 0 Å². The highest BCUT2D eigenvalue weighted by Gasteiger charge is 2.02. The van der Waals surface area contributed by atoms with E-state index in [1.165, 1.54) is 0 Å². The fourth-order valence-electron chi connectivity index (χ4n) is 1.45. The smallest absolute Gasteiger partial charge is 0.0732 e. The molecule has 1 aromatic rings. The SMILES string of the molecule is CC(C)COCCOCc1ccc(CN)cc1Cl. The zero-order valence-corrected chi connectivity index (χ0v) is 11.9. The van der Waals surface area contributed by atoms with E-state index in [1.807, 2.05) is 18.2 Å². The van der Waals surface area contributed by atoms with E-state index in [4.69, 9.17) is 26.8 Å². The Bertz CT molecular complexity index is 356. The van der Waals surface area contributed by atoms with Crippen molar-refractivity contribution in [1.82, 2.24) is 0 Å². The van der Waals surface area contributed by atoms with Gasteiger partial charge in [-0.3, -0.25) is 0 Å². The second-order valence-electron chi connectivity index (χ2n) is 4.65. The van der Waals surface area contributed by atoms with Gasteiger partial charge in [0.1, 0.15) is 0 Å². The van der Waals surface area contributed by atoms with Crippen LogP contribution in [0.25, 0.3) is 0 Å². The molecule has 4 heteroatoms. The largest absolute Gasteiger partial charge is 0.379 e. The van der Waals surface area contributed by atoms with Crippen molar-refractivity contribution in [3.05, 3.63) is 34.3 Å². The second kappa shape index (κ2) is 8.48. The van der Waals surface area contributed by atoms with E-state index in [0.717, 1.165) is 17.7 Å². The molecule has 0 aliphatic carbocycles. The average Bonchev–Trinajstić information content (AvgIpc) is 2.34. The first-order valence-electron chi connectivity index (χ1n) is 6.26. The third-order valence-electron chi connectivity index (χ3n) is 2.43. The summed E-state index contributed by atoms with van der Waals surface area (Å²) in [4.78, 5) is 0. The molecule has 0 bridgehead atoms. The maximum absolute atomic E-state index is 6.12. The highest BCUT2D eigenvalue weighted by atomic mass is 35.5. The Kier molecular flexibility index (Phi) is 7.28. The summed E-state index contributed by atoms with van der Waals surface area (Å²) in [5.74, 6) is 0.559. The van der Waals surface area contributed by atoms with Gasteiger partial charge in [-0.2, -0.15) is 0 Å². The van der Waals surface area contributed by atoms with Gasteiger partial charge in [-0.25, -0.2) is 0 Å². The lowest BCUT2D eigenvalue weighted by molar-refractivity contribution is 0.0315. The lowest BCUT2D eigenvalue weighted by Crippen LogP contribution is -2.08. The summed E-state index contributed by atoms with van der Waals surface area (Å²) in [6.07, 6.45) is 0. The molecule has 0 heterocycles. The predicted octanol–water partition coefficient (Wildman–Crippen LogP) is 2.99. The molecule has 0 aromatic heterocycles. The summed E-state index contributed by atoms with van der Waals surface area (Å²) in [5.41, 5.74) is 7.56. The first kappa shape index (κ1) is 15.4. The van der Waals surface area contributed by atoms with Crippen molar-refractivity contribution >= 4 is 11.6 Å². The van der Waals surface area contributed by atoms with E-state index < -0.39 is 0 Å². The van der Waals surface area contributed by atoms with Crippen LogP contribution in [0.5, 0.6) is 0 Å². The highest BCUT2D eigenvalue weighted by molar-refractivity contribution is 6.31. The summed E-state index contributed by atoms with van der Waals surface area (Å²) >= 11 is 6.12. The Morgan fingerprint density at radius 3 is 2.56 bits per heavy atom. The fraction of sp³-hybridized carbons (Fsp3) is 0.571. The molecule has 0 amide bonds. The number of hydrogen-bond acceptors (Lipinski definition) is 3. The van der Waals surface area contributed by atoms with Crippen molar-refractivity contribution in [3.63, 3.8) is 0 Å². The lowest BCUT2D eigenvalue weighted by atomic mass is 10.1. The summed E-state index contributed by atoms with van der Waals surface area (Å²) in [6, 6.07) is 5.81. The Morgan fingerprint density at radius 2 is 1.94 bits per heavy atom. The first-order valence-corrected chi connectivity index (χ1v) is 6.64. The molecule has 0 saturated heterocycles. The van der Waals surface area contributed by atoms with E-state index in [2.05, 4.69) is 13.8 Å². The van der Waals surface area contributed by atoms with E-state index in [1.54, 1.807) is 0 Å². The second-order valence-corrected chi connectivity index (χ2v) is 5.06. The van der Waals surface area contributed by atoms with Crippen molar-refractivity contribution in [2.45, 2.75) is 27.0 Å². The predicted molar refractivity (Wildman–Crippen MR) is 74.7 cm³/mol. The van der Waals surface area contributed by atoms with Crippen molar-refractivity contribution < 1.29 is 9.47 Å². The van der Waals surface area contributed by atoms with Crippen LogP contribution in [0.15, 0.2) is 18.2 Å². The monoisotopic (exact) mass is 271 g/mol. The average molecular weight is 272 g/mol. The first-order chi connectivity index (χ1) is 8.63. The number of rotatable bonds is 8. The topological polar surface area (TPSA) is 44.5 Å². The van der Waals surface area contributed by atoms with Gasteiger partial charge in [0.25, 0.3) is 0 Å². The van der Waals surface area contributed by atoms with Crippen LogP contribution < -0.4 is 5.73 Å². The quantitative estimate of drug-likeness (QED) is 0.740. The van der Waals surface area contributed by atoms with Gasteiger partial charge in [-0.05, 0) is 23.1 Å². The molecule has 2 N–H and O–H groups in total. The summed E-state index contributed by atoms with van der Waals surface area (Å²) in [7, 11) is 0. The van der Waals surface area contributed by atoms with Crippen LogP contribution in [-0.2, 0) is 22.6 Å². The zero-order valence-electron chi connectivity index (χ0n) is 11.1. The molecule has 0 radical (unpaired) electrons. The van der Waals surface area contributed by atoms with Crippen molar-refractivity contribution in [2.24, 2.45) is 11.7 Å². The van der Waals surface area contributed by atoms with Gasteiger partial charge < -0.3 is 15.2 Å². The third kappa shape index (κ3) is 5.83. The van der Waals surface area contributed by atoms with Crippen LogP contribution >= 0.6 is 11.6 Å². The molecule has 1 aromatic carbocycles. The molecule has 0 spiro atoms. The molecule has 1 rings (SSSR count). The maximum atomic E-state index is 6.12. The maximum Gasteiger partial charge on any atom is 0.0732 e. The Balaban J connectivity index is 2.23. The molecule has 0 unspecified atom stereocenters. The molecule has 0 saturated carbocycles. The minimum absolute atomic E-state index is 0.504. The van der Waals surface area contributed by atoms with Crippen molar-refractivity contribution in [2.75, 3.05) is 19.8 Å². The molecule has 3 nitrogen and oxygen atoms in total.